The lowest BCUT2D eigenvalue weighted by molar-refractivity contribution is -0.141. The van der Waals surface area contributed by atoms with Gasteiger partial charge in [0.1, 0.15) is 6.04 Å². The van der Waals surface area contributed by atoms with Gasteiger partial charge in [-0.15, -0.1) is 18.3 Å². The maximum atomic E-state index is 12.2. The van der Waals surface area contributed by atoms with E-state index in [1.165, 1.54) is 16.7 Å². The second-order valence-corrected chi connectivity index (χ2v) is 5.14. The minimum Gasteiger partial charge on any atom is -0.480 e. The van der Waals surface area contributed by atoms with Crippen LogP contribution in [0.1, 0.15) is 13.8 Å². The Morgan fingerprint density at radius 2 is 2.29 bits per heavy atom. The van der Waals surface area contributed by atoms with Crippen LogP contribution in [0.2, 0.25) is 0 Å². The summed E-state index contributed by atoms with van der Waals surface area (Å²) in [5.74, 6) is -0.0391. The maximum absolute atomic E-state index is 12.2. The highest BCUT2D eigenvalue weighted by Crippen LogP contribution is 2.23. The average molecular weight is 258 g/mol. The van der Waals surface area contributed by atoms with Crippen molar-refractivity contribution >= 4 is 23.8 Å². The van der Waals surface area contributed by atoms with Crippen molar-refractivity contribution in [3.8, 4) is 0 Å². The third-order valence-electron chi connectivity index (χ3n) is 2.61. The molecule has 0 aliphatic carbocycles. The van der Waals surface area contributed by atoms with Crippen molar-refractivity contribution in [1.82, 2.24) is 9.80 Å². The highest BCUT2D eigenvalue weighted by Gasteiger charge is 2.37. The smallest absolute Gasteiger partial charge is 0.327 e. The van der Waals surface area contributed by atoms with Gasteiger partial charge in [0.2, 0.25) is 0 Å². The van der Waals surface area contributed by atoms with Crippen molar-refractivity contribution in [3.63, 3.8) is 0 Å². The summed E-state index contributed by atoms with van der Waals surface area (Å²) in [6, 6.07) is -0.906. The van der Waals surface area contributed by atoms with Crippen LogP contribution >= 0.6 is 11.8 Å². The minimum atomic E-state index is -0.939. The van der Waals surface area contributed by atoms with Crippen molar-refractivity contribution in [2.24, 2.45) is 0 Å². The molecule has 17 heavy (non-hydrogen) atoms. The van der Waals surface area contributed by atoms with Crippen LogP contribution < -0.4 is 0 Å². The second-order valence-electron chi connectivity index (χ2n) is 4.14. The molecule has 2 amide bonds. The third kappa shape index (κ3) is 3.15. The molecule has 0 aromatic rings. The Balaban J connectivity index is 2.79. The molecule has 1 aliphatic rings. The predicted molar refractivity (Wildman–Crippen MR) is 68.0 cm³/mol. The number of carboxylic acids is 1. The molecule has 0 radical (unpaired) electrons. The molecule has 0 spiro atoms. The molecule has 1 rings (SSSR count). The monoisotopic (exact) mass is 258 g/mol. The van der Waals surface area contributed by atoms with Gasteiger partial charge in [-0.1, -0.05) is 6.08 Å². The normalized spacial score (nSPS) is 19.5. The van der Waals surface area contributed by atoms with Gasteiger partial charge in [-0.25, -0.2) is 9.59 Å². The summed E-state index contributed by atoms with van der Waals surface area (Å²) in [5, 5.41) is 9.04. The standard InChI is InChI=1S/C11H18N2O3S/c1-4-5-12(8(2)3)11(16)13-7-17-6-9(13)10(14)15/h4,8-9H,1,5-7H2,2-3H3,(H,14,15)/t9-/m0/s1. The summed E-state index contributed by atoms with van der Waals surface area (Å²) >= 11 is 1.47. The zero-order chi connectivity index (χ0) is 13.0. The van der Waals surface area contributed by atoms with Crippen LogP contribution in [0.15, 0.2) is 12.7 Å². The highest BCUT2D eigenvalue weighted by molar-refractivity contribution is 7.99. The summed E-state index contributed by atoms with van der Waals surface area (Å²) in [6.07, 6.45) is 1.65. The zero-order valence-corrected chi connectivity index (χ0v) is 10.9. The molecule has 0 bridgehead atoms. The van der Waals surface area contributed by atoms with E-state index in [2.05, 4.69) is 6.58 Å². The molecule has 1 N–H and O–H groups in total. The van der Waals surface area contributed by atoms with Gasteiger partial charge in [0.15, 0.2) is 0 Å². The van der Waals surface area contributed by atoms with Crippen LogP contribution in [-0.4, -0.2) is 57.2 Å². The Morgan fingerprint density at radius 1 is 1.65 bits per heavy atom. The van der Waals surface area contributed by atoms with E-state index < -0.39 is 12.0 Å². The molecule has 0 saturated carbocycles. The van der Waals surface area contributed by atoms with Crippen LogP contribution in [0, 0.1) is 0 Å². The molecule has 6 heteroatoms. The van der Waals surface area contributed by atoms with E-state index >= 15 is 0 Å². The molecule has 0 aromatic carbocycles. The largest absolute Gasteiger partial charge is 0.480 e. The number of hydrogen-bond acceptors (Lipinski definition) is 3. The number of carbonyl (C=O) groups is 2. The first-order valence-electron chi connectivity index (χ1n) is 5.47. The molecule has 1 heterocycles. The lowest BCUT2D eigenvalue weighted by Gasteiger charge is -2.31. The van der Waals surface area contributed by atoms with E-state index in [0.29, 0.717) is 18.2 Å². The zero-order valence-electron chi connectivity index (χ0n) is 10.1. The molecular weight excluding hydrogens is 240 g/mol. The Labute approximate surface area is 105 Å². The van der Waals surface area contributed by atoms with Gasteiger partial charge in [-0.3, -0.25) is 0 Å². The number of amides is 2. The first kappa shape index (κ1) is 13.9. The molecule has 0 unspecified atom stereocenters. The van der Waals surface area contributed by atoms with Crippen molar-refractivity contribution < 1.29 is 14.7 Å². The Bertz CT molecular complexity index is 320. The molecule has 1 fully saturated rings. The molecule has 96 valence electrons. The van der Waals surface area contributed by atoms with Gasteiger partial charge < -0.3 is 14.9 Å². The summed E-state index contributed by atoms with van der Waals surface area (Å²) < 4.78 is 0. The van der Waals surface area contributed by atoms with Gasteiger partial charge in [0.05, 0.1) is 5.88 Å². The molecular formula is C11H18N2O3S. The Kier molecular flexibility index (Phi) is 4.86. The van der Waals surface area contributed by atoms with E-state index in [9.17, 15) is 9.59 Å². The van der Waals surface area contributed by atoms with Crippen molar-refractivity contribution in [1.29, 1.82) is 0 Å². The fraction of sp³-hybridized carbons (Fsp3) is 0.636. The average Bonchev–Trinajstić information content (AvgIpc) is 2.73. The first-order chi connectivity index (χ1) is 7.99. The number of carbonyl (C=O) groups excluding carboxylic acids is 1. The number of nitrogens with zero attached hydrogens (tertiary/aromatic N) is 2. The number of aliphatic carboxylic acids is 1. The van der Waals surface area contributed by atoms with E-state index in [1.807, 2.05) is 13.8 Å². The van der Waals surface area contributed by atoms with Crippen molar-refractivity contribution in [3.05, 3.63) is 12.7 Å². The van der Waals surface area contributed by atoms with Crippen LogP contribution in [0.4, 0.5) is 4.79 Å². The fourth-order valence-electron chi connectivity index (χ4n) is 1.65. The molecule has 1 saturated heterocycles. The molecule has 1 aliphatic heterocycles. The third-order valence-corrected chi connectivity index (χ3v) is 3.62. The number of thioether (sulfide) groups is 1. The SMILES string of the molecule is C=CCN(C(=O)N1CSC[C@H]1C(=O)O)C(C)C. The summed E-state index contributed by atoms with van der Waals surface area (Å²) in [6.45, 7) is 7.85. The van der Waals surface area contributed by atoms with Crippen LogP contribution in [0.5, 0.6) is 0 Å². The highest BCUT2D eigenvalue weighted by atomic mass is 32.2. The minimum absolute atomic E-state index is 0.0283. The van der Waals surface area contributed by atoms with Gasteiger partial charge in [-0.05, 0) is 13.8 Å². The van der Waals surface area contributed by atoms with E-state index in [-0.39, 0.29) is 12.1 Å². The number of carboxylic acid groups (broad SMARTS) is 1. The van der Waals surface area contributed by atoms with E-state index in [1.54, 1.807) is 11.0 Å². The first-order valence-corrected chi connectivity index (χ1v) is 6.63. The van der Waals surface area contributed by atoms with Gasteiger partial charge in [0.25, 0.3) is 0 Å². The van der Waals surface area contributed by atoms with E-state index in [4.69, 9.17) is 5.11 Å². The van der Waals surface area contributed by atoms with Crippen molar-refractivity contribution in [2.45, 2.75) is 25.9 Å². The Hall–Kier alpha value is -1.17. The quantitative estimate of drug-likeness (QED) is 0.776. The topological polar surface area (TPSA) is 60.9 Å². The molecule has 1 atom stereocenters. The van der Waals surface area contributed by atoms with Gasteiger partial charge in [-0.2, -0.15) is 0 Å². The summed E-state index contributed by atoms with van der Waals surface area (Å²) in [7, 11) is 0. The number of hydrogen-bond donors (Lipinski definition) is 1. The lowest BCUT2D eigenvalue weighted by Crippen LogP contribution is -2.50. The van der Waals surface area contributed by atoms with E-state index in [0.717, 1.165) is 0 Å². The number of rotatable bonds is 4. The summed E-state index contributed by atoms with van der Waals surface area (Å²) in [4.78, 5) is 26.3. The van der Waals surface area contributed by atoms with Crippen LogP contribution in [0.25, 0.3) is 0 Å². The Morgan fingerprint density at radius 3 is 2.76 bits per heavy atom. The van der Waals surface area contributed by atoms with Crippen molar-refractivity contribution in [2.75, 3.05) is 18.2 Å². The van der Waals surface area contributed by atoms with Gasteiger partial charge >= 0.3 is 12.0 Å². The van der Waals surface area contributed by atoms with Crippen LogP contribution in [-0.2, 0) is 4.79 Å². The lowest BCUT2D eigenvalue weighted by atomic mass is 10.3. The molecule has 5 nitrogen and oxygen atoms in total. The molecule has 0 aromatic heterocycles. The predicted octanol–water partition coefficient (Wildman–Crippen LogP) is 1.46. The van der Waals surface area contributed by atoms with Gasteiger partial charge in [0, 0.05) is 18.3 Å². The van der Waals surface area contributed by atoms with Crippen LogP contribution in [0.3, 0.4) is 0 Å². The second kappa shape index (κ2) is 5.95. The number of urea groups is 1. The fourth-order valence-corrected chi connectivity index (χ4v) is 2.79. The summed E-state index contributed by atoms with van der Waals surface area (Å²) in [5.41, 5.74) is 0. The maximum Gasteiger partial charge on any atom is 0.327 e.